The Bertz CT molecular complexity index is 208. The van der Waals surface area contributed by atoms with Crippen LogP contribution in [0.3, 0.4) is 0 Å². The fourth-order valence-electron chi connectivity index (χ4n) is 1.50. The summed E-state index contributed by atoms with van der Waals surface area (Å²) in [5.41, 5.74) is 0. The summed E-state index contributed by atoms with van der Waals surface area (Å²) >= 11 is 9.55. The molecule has 8 heteroatoms. The van der Waals surface area contributed by atoms with Gasteiger partial charge in [-0.25, -0.2) is 0 Å². The van der Waals surface area contributed by atoms with Gasteiger partial charge < -0.3 is 43.4 Å². The molecule has 1 N–H and O–H groups in total. The van der Waals surface area contributed by atoms with Crippen molar-refractivity contribution in [2.45, 2.75) is 33.2 Å². The van der Waals surface area contributed by atoms with Gasteiger partial charge in [-0.05, 0) is 27.2 Å². The van der Waals surface area contributed by atoms with E-state index in [4.69, 9.17) is 38.1 Å². The Balaban J connectivity index is 0. The van der Waals surface area contributed by atoms with E-state index in [0.29, 0.717) is 24.1 Å². The first-order valence-corrected chi connectivity index (χ1v) is 8.71. The number of rotatable bonds is 10. The van der Waals surface area contributed by atoms with E-state index in [2.05, 4.69) is 5.32 Å². The van der Waals surface area contributed by atoms with Gasteiger partial charge in [-0.2, -0.15) is 0 Å². The number of hydrogen-bond donors (Lipinski definition) is 1. The Morgan fingerprint density at radius 2 is 1.56 bits per heavy atom. The maximum atomic E-state index is 5.73. The van der Waals surface area contributed by atoms with Crippen LogP contribution in [-0.2, 0) is 25.9 Å². The molecule has 0 rings (SSSR count). The van der Waals surface area contributed by atoms with Crippen LogP contribution >= 0.6 is 12.2 Å². The van der Waals surface area contributed by atoms with E-state index in [1.165, 1.54) is 0 Å². The average molecular weight is 303 g/mol. The molecule has 0 bridgehead atoms. The normalized spacial score (nSPS) is 10.8. The molecular weight excluding hydrogens is 281 g/mol. The van der Waals surface area contributed by atoms with Crippen molar-refractivity contribution in [3.63, 3.8) is 0 Å². The fourth-order valence-corrected chi connectivity index (χ4v) is 4.31. The van der Waals surface area contributed by atoms with Gasteiger partial charge in [0.05, 0.1) is 0 Å². The zero-order chi connectivity index (χ0) is 13.1. The van der Waals surface area contributed by atoms with Crippen LogP contribution < -0.4 is 24.2 Å². The van der Waals surface area contributed by atoms with Crippen LogP contribution in [0.1, 0.15) is 27.2 Å². The molecule has 0 aliphatic carbocycles. The van der Waals surface area contributed by atoms with Gasteiger partial charge in [0.25, 0.3) is 0 Å². The van der Waals surface area contributed by atoms with Gasteiger partial charge in [0.2, 0.25) is 0 Å². The van der Waals surface area contributed by atoms with E-state index < -0.39 is 8.80 Å². The second-order valence-corrected chi connectivity index (χ2v) is 7.11. The molecular formula is C10H22LiNO3S2Si. The molecule has 0 fully saturated rings. The van der Waals surface area contributed by atoms with Crippen LogP contribution in [0.4, 0.5) is 0 Å². The molecule has 18 heavy (non-hydrogen) atoms. The number of thiocarbonyl (C=S) groups is 1. The molecule has 0 aromatic rings. The molecule has 0 atom stereocenters. The Morgan fingerprint density at radius 3 is 1.89 bits per heavy atom. The summed E-state index contributed by atoms with van der Waals surface area (Å²) in [6.07, 6.45) is 0.878. The second-order valence-electron chi connectivity index (χ2n) is 3.30. The fraction of sp³-hybridized carbons (Fsp3) is 0.900. The summed E-state index contributed by atoms with van der Waals surface area (Å²) in [6, 6.07) is 0.785. The van der Waals surface area contributed by atoms with Crippen LogP contribution in [-0.4, -0.2) is 39.5 Å². The Labute approximate surface area is 134 Å². The molecule has 0 aromatic heterocycles. The first-order valence-electron chi connectivity index (χ1n) is 5.97. The van der Waals surface area contributed by atoms with Crippen molar-refractivity contribution in [2.24, 2.45) is 0 Å². The molecule has 0 amide bonds. The third-order valence-corrected chi connectivity index (χ3v) is 5.46. The third-order valence-electron chi connectivity index (χ3n) is 2.02. The molecule has 0 aliphatic heterocycles. The smallest absolute Gasteiger partial charge is 0.412 e. The molecule has 0 radical (unpaired) electrons. The van der Waals surface area contributed by atoms with Crippen molar-refractivity contribution in [3.8, 4) is 0 Å². The molecule has 4 nitrogen and oxygen atoms in total. The van der Waals surface area contributed by atoms with Gasteiger partial charge >= 0.3 is 27.7 Å². The van der Waals surface area contributed by atoms with Crippen LogP contribution in [0.15, 0.2) is 0 Å². The zero-order valence-electron chi connectivity index (χ0n) is 11.8. The molecule has 0 saturated heterocycles. The van der Waals surface area contributed by atoms with E-state index in [1.54, 1.807) is 0 Å². The standard InChI is InChI=1S/C10H23NO3S2Si.Li/c1-4-12-17(13-5-2,14-6-3)9-7-8-11-10(15)16;/h4-9H2,1-3H3,(H2,11,15,16);/q;+1/p-1. The molecule has 102 valence electrons. The number of nitrogens with one attached hydrogen (secondary N) is 1. The first kappa shape index (κ1) is 21.1. The number of hydrogen-bond acceptors (Lipinski definition) is 5. The summed E-state index contributed by atoms with van der Waals surface area (Å²) in [7, 11) is -2.48. The quantitative estimate of drug-likeness (QED) is 0.238. The topological polar surface area (TPSA) is 39.7 Å². The predicted octanol–water partition coefficient (Wildman–Crippen LogP) is -1.15. The molecule has 0 saturated carbocycles. The summed E-state index contributed by atoms with van der Waals surface area (Å²) in [5, 5.41) is 2.95. The van der Waals surface area contributed by atoms with E-state index in [9.17, 15) is 0 Å². The zero-order valence-corrected chi connectivity index (χ0v) is 14.4. The van der Waals surface area contributed by atoms with E-state index in [-0.39, 0.29) is 18.9 Å². The van der Waals surface area contributed by atoms with Gasteiger partial charge in [-0.15, -0.1) is 0 Å². The van der Waals surface area contributed by atoms with Crippen molar-refractivity contribution in [1.29, 1.82) is 0 Å². The van der Waals surface area contributed by atoms with Crippen molar-refractivity contribution >= 4 is 38.0 Å². The summed E-state index contributed by atoms with van der Waals surface area (Å²) < 4.78 is 17.6. The van der Waals surface area contributed by atoms with Crippen molar-refractivity contribution in [2.75, 3.05) is 26.4 Å². The van der Waals surface area contributed by atoms with Gasteiger partial charge in [-0.3, -0.25) is 0 Å². The molecule has 0 aromatic carbocycles. The largest absolute Gasteiger partial charge is 1.00 e. The summed E-state index contributed by atoms with van der Waals surface area (Å²) in [6.45, 7) is 8.44. The Kier molecular flexibility index (Phi) is 15.0. The molecule has 0 unspecified atom stereocenters. The minimum atomic E-state index is -2.48. The van der Waals surface area contributed by atoms with Gasteiger partial charge in [0, 0.05) is 32.4 Å². The van der Waals surface area contributed by atoms with Crippen molar-refractivity contribution in [1.82, 2.24) is 5.32 Å². The monoisotopic (exact) mass is 303 g/mol. The van der Waals surface area contributed by atoms with Crippen LogP contribution in [0, 0.1) is 0 Å². The van der Waals surface area contributed by atoms with Crippen molar-refractivity contribution < 1.29 is 32.1 Å². The Morgan fingerprint density at radius 1 is 1.11 bits per heavy atom. The van der Waals surface area contributed by atoms with Crippen molar-refractivity contribution in [3.05, 3.63) is 0 Å². The third kappa shape index (κ3) is 9.70. The Hall–Kier alpha value is 0.804. The van der Waals surface area contributed by atoms with Crippen LogP contribution in [0.5, 0.6) is 0 Å². The molecule has 0 spiro atoms. The average Bonchev–Trinajstić information content (AvgIpc) is 2.25. The maximum absolute atomic E-state index is 5.73. The minimum Gasteiger partial charge on any atom is -0.412 e. The van der Waals surface area contributed by atoms with Gasteiger partial charge in [-0.1, -0.05) is 4.32 Å². The minimum absolute atomic E-state index is 0. The summed E-state index contributed by atoms with van der Waals surface area (Å²) in [4.78, 5) is 0. The van der Waals surface area contributed by atoms with E-state index in [1.807, 2.05) is 20.8 Å². The maximum Gasteiger partial charge on any atom is 1.00 e. The van der Waals surface area contributed by atoms with E-state index >= 15 is 0 Å². The first-order chi connectivity index (χ1) is 8.10. The molecule has 0 aliphatic rings. The van der Waals surface area contributed by atoms with Gasteiger partial charge in [0.1, 0.15) is 0 Å². The molecule has 0 heterocycles. The van der Waals surface area contributed by atoms with E-state index in [0.717, 1.165) is 19.0 Å². The van der Waals surface area contributed by atoms with Crippen LogP contribution in [0.2, 0.25) is 6.04 Å². The second kappa shape index (κ2) is 12.8. The van der Waals surface area contributed by atoms with Crippen LogP contribution in [0.25, 0.3) is 0 Å². The SMILES string of the molecule is CCO[Si](CCCNC(=S)[S-])(OCC)OCC.[Li+]. The summed E-state index contributed by atoms with van der Waals surface area (Å²) in [5.74, 6) is 0. The van der Waals surface area contributed by atoms with Gasteiger partial charge in [0.15, 0.2) is 0 Å². The predicted molar refractivity (Wildman–Crippen MR) is 78.0 cm³/mol.